The molecule has 8 nitrogen and oxygen atoms in total. The van der Waals surface area contributed by atoms with E-state index in [2.05, 4.69) is 15.7 Å². The van der Waals surface area contributed by atoms with Crippen LogP contribution in [-0.4, -0.2) is 33.7 Å². The van der Waals surface area contributed by atoms with Gasteiger partial charge in [0.15, 0.2) is 0 Å². The quantitative estimate of drug-likeness (QED) is 0.661. The molecule has 32 heavy (non-hydrogen) atoms. The molecule has 0 bridgehead atoms. The Bertz CT molecular complexity index is 1300. The molecule has 3 amide bonds. The zero-order valence-corrected chi connectivity index (χ0v) is 17.4. The Balaban J connectivity index is 1.68. The number of aryl methyl sites for hydroxylation is 1. The van der Waals surface area contributed by atoms with Crippen LogP contribution in [0.5, 0.6) is 0 Å². The second-order valence-electron chi connectivity index (χ2n) is 7.36. The molecule has 2 N–H and O–H groups in total. The summed E-state index contributed by atoms with van der Waals surface area (Å²) in [5, 5.41) is 9.62. The lowest BCUT2D eigenvalue weighted by atomic mass is 9.97. The molecule has 162 valence electrons. The number of rotatable bonds is 4. The van der Waals surface area contributed by atoms with Gasteiger partial charge in [0.2, 0.25) is 0 Å². The number of benzene rings is 2. The van der Waals surface area contributed by atoms with Crippen molar-refractivity contribution in [3.05, 3.63) is 99.9 Å². The van der Waals surface area contributed by atoms with Crippen LogP contribution in [-0.2, 0) is 4.79 Å². The second kappa shape index (κ2) is 8.46. The Kier molecular flexibility index (Phi) is 5.55. The molecule has 2 heterocycles. The maximum absolute atomic E-state index is 13.8. The Morgan fingerprint density at radius 1 is 1.12 bits per heavy atom. The van der Waals surface area contributed by atoms with E-state index in [9.17, 15) is 18.8 Å². The van der Waals surface area contributed by atoms with Crippen LogP contribution in [0.3, 0.4) is 0 Å². The maximum atomic E-state index is 13.8. The van der Waals surface area contributed by atoms with Crippen molar-refractivity contribution in [1.29, 1.82) is 0 Å². The average Bonchev–Trinajstić information content (AvgIpc) is 2.77. The first-order valence-corrected chi connectivity index (χ1v) is 9.81. The Morgan fingerprint density at radius 3 is 2.69 bits per heavy atom. The number of carbonyl (C=O) groups is 2. The highest BCUT2D eigenvalue weighted by molar-refractivity contribution is 6.06. The molecule has 0 fully saturated rings. The molecule has 1 atom stereocenters. The van der Waals surface area contributed by atoms with E-state index in [0.717, 1.165) is 5.56 Å². The summed E-state index contributed by atoms with van der Waals surface area (Å²) in [6.07, 6.45) is 2.92. The molecule has 2 aromatic carbocycles. The van der Waals surface area contributed by atoms with E-state index in [1.54, 1.807) is 30.3 Å². The molecule has 0 aliphatic carbocycles. The van der Waals surface area contributed by atoms with Crippen LogP contribution in [0.25, 0.3) is 5.69 Å². The van der Waals surface area contributed by atoms with Gasteiger partial charge in [-0.15, -0.1) is 0 Å². The Morgan fingerprint density at radius 2 is 1.94 bits per heavy atom. The van der Waals surface area contributed by atoms with Crippen LogP contribution < -0.4 is 16.2 Å². The van der Waals surface area contributed by atoms with Crippen LogP contribution >= 0.6 is 0 Å². The second-order valence-corrected chi connectivity index (χ2v) is 7.36. The predicted molar refractivity (Wildman–Crippen MR) is 117 cm³/mol. The monoisotopic (exact) mass is 433 g/mol. The highest BCUT2D eigenvalue weighted by Crippen LogP contribution is 2.28. The van der Waals surface area contributed by atoms with E-state index in [4.69, 9.17) is 0 Å². The number of hydrogen-bond acceptors (Lipinski definition) is 4. The van der Waals surface area contributed by atoms with E-state index < -0.39 is 23.8 Å². The fourth-order valence-corrected chi connectivity index (χ4v) is 3.41. The van der Waals surface area contributed by atoms with Crippen molar-refractivity contribution < 1.29 is 14.0 Å². The summed E-state index contributed by atoms with van der Waals surface area (Å²) in [5.41, 5.74) is 2.10. The molecule has 3 aromatic rings. The van der Waals surface area contributed by atoms with Gasteiger partial charge in [-0.2, -0.15) is 9.78 Å². The minimum absolute atomic E-state index is 0.234. The lowest BCUT2D eigenvalue weighted by Crippen LogP contribution is -2.44. The summed E-state index contributed by atoms with van der Waals surface area (Å²) in [7, 11) is 1.52. The normalized spacial score (nSPS) is 15.7. The van der Waals surface area contributed by atoms with Crippen LogP contribution in [0.1, 0.15) is 17.2 Å². The van der Waals surface area contributed by atoms with Gasteiger partial charge < -0.3 is 15.5 Å². The van der Waals surface area contributed by atoms with Gasteiger partial charge in [-0.05, 0) is 48.4 Å². The van der Waals surface area contributed by atoms with Gasteiger partial charge in [-0.1, -0.05) is 18.2 Å². The Hall–Kier alpha value is -4.27. The molecule has 0 radical (unpaired) electrons. The lowest BCUT2D eigenvalue weighted by molar-refractivity contribution is -0.113. The number of anilines is 1. The standard InChI is InChI=1S/C23H20FN5O3/c1-14-8-9-17(29-20(30)7-4-10-25-29)12-19(14)26-22(31)18-13-28(2)23(32)27-21(18)15-5-3-6-16(24)11-15/h3-13,21H,1-2H3,(H,26,31)(H,27,32)/t21-/m0/s1. The van der Waals surface area contributed by atoms with Crippen molar-refractivity contribution >= 4 is 17.6 Å². The molecular weight excluding hydrogens is 413 g/mol. The molecule has 0 saturated heterocycles. The number of amides is 3. The van der Waals surface area contributed by atoms with Crippen molar-refractivity contribution in [2.45, 2.75) is 13.0 Å². The lowest BCUT2D eigenvalue weighted by Gasteiger charge is -2.30. The SMILES string of the molecule is Cc1ccc(-n2ncccc2=O)cc1NC(=O)C1=CN(C)C(=O)N[C@H]1c1cccc(F)c1. The van der Waals surface area contributed by atoms with Crippen LogP contribution in [0.15, 0.2) is 77.4 Å². The van der Waals surface area contributed by atoms with Crippen molar-refractivity contribution in [2.75, 3.05) is 12.4 Å². The molecule has 0 saturated carbocycles. The first kappa shape index (κ1) is 21.0. The van der Waals surface area contributed by atoms with Crippen molar-refractivity contribution in [2.24, 2.45) is 0 Å². The minimum atomic E-state index is -0.823. The fraction of sp³-hybridized carbons (Fsp3) is 0.130. The summed E-state index contributed by atoms with van der Waals surface area (Å²) in [4.78, 5) is 38.8. The predicted octanol–water partition coefficient (Wildman–Crippen LogP) is 2.90. The summed E-state index contributed by atoms with van der Waals surface area (Å²) in [6.45, 7) is 1.81. The number of halogens is 1. The number of aromatic nitrogens is 2. The van der Waals surface area contributed by atoms with Gasteiger partial charge >= 0.3 is 6.03 Å². The minimum Gasteiger partial charge on any atom is -0.327 e. The molecule has 9 heteroatoms. The van der Waals surface area contributed by atoms with Gasteiger partial charge in [-0.25, -0.2) is 9.18 Å². The smallest absolute Gasteiger partial charge is 0.321 e. The van der Waals surface area contributed by atoms with Crippen LogP contribution in [0.4, 0.5) is 14.9 Å². The summed E-state index contributed by atoms with van der Waals surface area (Å²) in [5.74, 6) is -0.945. The van der Waals surface area contributed by atoms with Crippen molar-refractivity contribution in [1.82, 2.24) is 20.0 Å². The summed E-state index contributed by atoms with van der Waals surface area (Å²) >= 11 is 0. The highest BCUT2D eigenvalue weighted by atomic mass is 19.1. The number of urea groups is 1. The topological polar surface area (TPSA) is 96.3 Å². The van der Waals surface area contributed by atoms with Gasteiger partial charge in [0.05, 0.1) is 17.3 Å². The third-order valence-corrected chi connectivity index (χ3v) is 5.11. The van der Waals surface area contributed by atoms with E-state index >= 15 is 0 Å². The maximum Gasteiger partial charge on any atom is 0.321 e. The molecular formula is C23H20FN5O3. The number of carbonyl (C=O) groups excluding carboxylic acids is 2. The molecule has 1 aromatic heterocycles. The van der Waals surface area contributed by atoms with Crippen LogP contribution in [0.2, 0.25) is 0 Å². The zero-order valence-electron chi connectivity index (χ0n) is 17.4. The van der Waals surface area contributed by atoms with Crippen molar-refractivity contribution in [3.8, 4) is 5.69 Å². The highest BCUT2D eigenvalue weighted by Gasteiger charge is 2.31. The fourth-order valence-electron chi connectivity index (χ4n) is 3.41. The van der Waals surface area contributed by atoms with Gasteiger partial charge in [0, 0.05) is 31.2 Å². The molecule has 4 rings (SSSR count). The third kappa shape index (κ3) is 4.13. The Labute approximate surface area is 183 Å². The van der Waals surface area contributed by atoms with E-state index in [1.165, 1.54) is 53.3 Å². The van der Waals surface area contributed by atoms with E-state index in [1.807, 2.05) is 6.92 Å². The van der Waals surface area contributed by atoms with E-state index in [0.29, 0.717) is 16.9 Å². The zero-order chi connectivity index (χ0) is 22.8. The summed E-state index contributed by atoms with van der Waals surface area (Å²) < 4.78 is 15.0. The van der Waals surface area contributed by atoms with Gasteiger partial charge in [0.25, 0.3) is 11.5 Å². The molecule has 0 spiro atoms. The van der Waals surface area contributed by atoms with Crippen molar-refractivity contribution in [3.63, 3.8) is 0 Å². The molecule has 1 aliphatic rings. The number of nitrogens with zero attached hydrogens (tertiary/aromatic N) is 3. The first-order chi connectivity index (χ1) is 15.3. The number of nitrogens with one attached hydrogen (secondary N) is 2. The van der Waals surface area contributed by atoms with Gasteiger partial charge in [-0.3, -0.25) is 9.59 Å². The molecule has 1 aliphatic heterocycles. The molecule has 0 unspecified atom stereocenters. The summed E-state index contributed by atoms with van der Waals surface area (Å²) in [6, 6.07) is 12.5. The van der Waals surface area contributed by atoms with Crippen LogP contribution in [0, 0.1) is 12.7 Å². The largest absolute Gasteiger partial charge is 0.327 e. The first-order valence-electron chi connectivity index (χ1n) is 9.81. The van der Waals surface area contributed by atoms with E-state index in [-0.39, 0.29) is 11.1 Å². The van der Waals surface area contributed by atoms with Gasteiger partial charge in [0.1, 0.15) is 5.82 Å². The third-order valence-electron chi connectivity index (χ3n) is 5.11. The number of hydrogen-bond donors (Lipinski definition) is 2. The average molecular weight is 433 g/mol.